The van der Waals surface area contributed by atoms with E-state index in [1.165, 1.54) is 32.9 Å². The second-order valence-corrected chi connectivity index (χ2v) is 9.44. The first-order valence-corrected chi connectivity index (χ1v) is 12.6. The average molecular weight is 485 g/mol. The Morgan fingerprint density at radius 1 is 0.595 bits per heavy atom. The predicted molar refractivity (Wildman–Crippen MR) is 159 cm³/mol. The van der Waals surface area contributed by atoms with Crippen molar-refractivity contribution < 1.29 is 0 Å². The molecule has 0 spiro atoms. The van der Waals surface area contributed by atoms with Gasteiger partial charge in [0.25, 0.3) is 0 Å². The van der Waals surface area contributed by atoms with Crippen molar-refractivity contribution in [2.24, 2.45) is 0 Å². The topological polar surface area (TPSA) is 69.9 Å². The van der Waals surface area contributed by atoms with Gasteiger partial charge in [-0.25, -0.2) is 4.98 Å². The van der Waals surface area contributed by atoms with Gasteiger partial charge in [0, 0.05) is 50.9 Å². The molecular formula is C33H32N4. The molecule has 0 radical (unpaired) electrons. The Morgan fingerprint density at radius 3 is 1.70 bits per heavy atom. The third-order valence-electron chi connectivity index (χ3n) is 6.63. The van der Waals surface area contributed by atoms with Gasteiger partial charge in [0.2, 0.25) is 0 Å². The van der Waals surface area contributed by atoms with E-state index in [9.17, 15) is 0 Å². The van der Waals surface area contributed by atoms with Crippen LogP contribution in [0, 0.1) is 13.8 Å². The van der Waals surface area contributed by atoms with E-state index >= 15 is 0 Å². The fraction of sp³-hybridized carbons (Fsp3) is 0.121. The number of nitrogens with zero attached hydrogens (tertiary/aromatic N) is 2. The molecule has 0 bridgehead atoms. The van der Waals surface area contributed by atoms with E-state index < -0.39 is 0 Å². The average Bonchev–Trinajstić information content (AvgIpc) is 3.22. The van der Waals surface area contributed by atoms with Crippen LogP contribution in [0.2, 0.25) is 0 Å². The first kappa shape index (κ1) is 24.1. The van der Waals surface area contributed by atoms with Crippen molar-refractivity contribution in [3.8, 4) is 22.5 Å². The van der Waals surface area contributed by atoms with Crippen molar-refractivity contribution in [3.63, 3.8) is 0 Å². The van der Waals surface area contributed by atoms with E-state index in [1.807, 2.05) is 48.5 Å². The van der Waals surface area contributed by atoms with E-state index in [-0.39, 0.29) is 0 Å². The number of fused-ring (bicyclic) bond motifs is 3. The van der Waals surface area contributed by atoms with Gasteiger partial charge in [-0.05, 0) is 80.9 Å². The smallest absolute Gasteiger partial charge is 0.0712 e. The SMILES string of the molecule is CCn1c2ccccc2c2cc(C)ccc21.Cc1cc(-c2ccc(N)cc2)nc(-c2ccc(N)cc2)c1. The molecule has 4 aromatic carbocycles. The molecule has 0 unspecified atom stereocenters. The summed E-state index contributed by atoms with van der Waals surface area (Å²) in [5.74, 6) is 0. The molecule has 6 rings (SSSR count). The molecule has 0 amide bonds. The highest BCUT2D eigenvalue weighted by atomic mass is 15.0. The molecule has 0 aliphatic heterocycles. The van der Waals surface area contributed by atoms with Crippen molar-refractivity contribution in [2.45, 2.75) is 27.3 Å². The van der Waals surface area contributed by atoms with Gasteiger partial charge < -0.3 is 16.0 Å². The fourth-order valence-corrected chi connectivity index (χ4v) is 4.78. The highest BCUT2D eigenvalue weighted by molar-refractivity contribution is 6.08. The van der Waals surface area contributed by atoms with E-state index in [2.05, 4.69) is 79.9 Å². The van der Waals surface area contributed by atoms with Gasteiger partial charge in [0.1, 0.15) is 0 Å². The maximum Gasteiger partial charge on any atom is 0.0712 e. The Labute approximate surface area is 218 Å². The Hall–Kier alpha value is -4.57. The number of para-hydroxylation sites is 1. The molecule has 0 atom stereocenters. The van der Waals surface area contributed by atoms with Crippen LogP contribution in [0.5, 0.6) is 0 Å². The van der Waals surface area contributed by atoms with Gasteiger partial charge >= 0.3 is 0 Å². The molecular weight excluding hydrogens is 452 g/mol. The van der Waals surface area contributed by atoms with E-state index in [4.69, 9.17) is 16.5 Å². The third kappa shape index (κ3) is 5.05. The van der Waals surface area contributed by atoms with Gasteiger partial charge in [-0.2, -0.15) is 0 Å². The maximum absolute atomic E-state index is 5.74. The quantitative estimate of drug-likeness (QED) is 0.250. The first-order chi connectivity index (χ1) is 17.9. The molecule has 6 aromatic rings. The summed E-state index contributed by atoms with van der Waals surface area (Å²) in [4.78, 5) is 4.75. The summed E-state index contributed by atoms with van der Waals surface area (Å²) in [7, 11) is 0. The molecule has 0 fully saturated rings. The molecule has 2 heterocycles. The lowest BCUT2D eigenvalue weighted by molar-refractivity contribution is 0.827. The largest absolute Gasteiger partial charge is 0.399 e. The number of rotatable bonds is 3. The van der Waals surface area contributed by atoms with E-state index in [0.717, 1.165) is 40.4 Å². The number of hydrogen-bond acceptors (Lipinski definition) is 3. The Kier molecular flexibility index (Phi) is 6.65. The van der Waals surface area contributed by atoms with Gasteiger partial charge in [-0.1, -0.05) is 54.1 Å². The predicted octanol–water partition coefficient (Wildman–Crippen LogP) is 8.01. The minimum absolute atomic E-state index is 0.755. The number of hydrogen-bond donors (Lipinski definition) is 2. The van der Waals surface area contributed by atoms with Crippen LogP contribution in [0.4, 0.5) is 11.4 Å². The van der Waals surface area contributed by atoms with Crippen LogP contribution in [0.25, 0.3) is 44.3 Å². The highest BCUT2D eigenvalue weighted by Gasteiger charge is 2.08. The van der Waals surface area contributed by atoms with Crippen molar-refractivity contribution in [2.75, 3.05) is 11.5 Å². The van der Waals surface area contributed by atoms with Gasteiger partial charge in [-0.15, -0.1) is 0 Å². The zero-order valence-corrected chi connectivity index (χ0v) is 21.6. The standard InChI is InChI=1S/C18H17N3.C15H15N/c1-12-10-17(13-2-6-15(19)7-3-13)21-18(11-12)14-4-8-16(20)9-5-14;1-3-16-14-7-5-4-6-12(14)13-10-11(2)8-9-15(13)16/h2-11H,19-20H2,1H3;4-10H,3H2,1-2H3. The highest BCUT2D eigenvalue weighted by Crippen LogP contribution is 2.29. The number of nitrogen functional groups attached to an aromatic ring is 2. The minimum Gasteiger partial charge on any atom is -0.399 e. The molecule has 0 aliphatic carbocycles. The molecule has 0 saturated heterocycles. The lowest BCUT2D eigenvalue weighted by Gasteiger charge is -2.08. The van der Waals surface area contributed by atoms with Crippen LogP contribution >= 0.6 is 0 Å². The van der Waals surface area contributed by atoms with Gasteiger partial charge in [0.05, 0.1) is 11.4 Å². The number of pyridine rings is 1. The second-order valence-electron chi connectivity index (χ2n) is 9.44. The number of nitrogens with two attached hydrogens (primary N) is 2. The molecule has 2 aromatic heterocycles. The van der Waals surface area contributed by atoms with Crippen molar-refractivity contribution in [1.29, 1.82) is 0 Å². The molecule has 0 aliphatic rings. The minimum atomic E-state index is 0.755. The van der Waals surface area contributed by atoms with Crippen LogP contribution in [-0.4, -0.2) is 9.55 Å². The van der Waals surface area contributed by atoms with Crippen molar-refractivity contribution >= 4 is 33.2 Å². The van der Waals surface area contributed by atoms with Crippen LogP contribution in [0.3, 0.4) is 0 Å². The summed E-state index contributed by atoms with van der Waals surface area (Å²) in [6, 6.07) is 35.0. The van der Waals surface area contributed by atoms with Crippen molar-refractivity contribution in [1.82, 2.24) is 9.55 Å². The number of aromatic nitrogens is 2. The van der Waals surface area contributed by atoms with Crippen LogP contribution < -0.4 is 11.5 Å². The van der Waals surface area contributed by atoms with Gasteiger partial charge in [0.15, 0.2) is 0 Å². The zero-order chi connectivity index (χ0) is 25.9. The molecule has 4 N–H and O–H groups in total. The molecule has 37 heavy (non-hydrogen) atoms. The summed E-state index contributed by atoms with van der Waals surface area (Å²) in [5, 5.41) is 2.74. The molecule has 4 heteroatoms. The van der Waals surface area contributed by atoms with Crippen LogP contribution in [-0.2, 0) is 6.54 Å². The van der Waals surface area contributed by atoms with E-state index in [1.54, 1.807) is 0 Å². The normalized spacial score (nSPS) is 10.9. The lowest BCUT2D eigenvalue weighted by Crippen LogP contribution is -1.92. The summed E-state index contributed by atoms with van der Waals surface area (Å²) in [6.07, 6.45) is 0. The Bertz CT molecular complexity index is 1610. The monoisotopic (exact) mass is 484 g/mol. The molecule has 4 nitrogen and oxygen atoms in total. The summed E-state index contributed by atoms with van der Waals surface area (Å²) in [6.45, 7) is 7.44. The maximum atomic E-state index is 5.74. The Balaban J connectivity index is 0.000000157. The molecule has 0 saturated carbocycles. The zero-order valence-electron chi connectivity index (χ0n) is 21.6. The number of anilines is 2. The second kappa shape index (κ2) is 10.2. The van der Waals surface area contributed by atoms with Crippen LogP contribution in [0.15, 0.2) is 103 Å². The summed E-state index contributed by atoms with van der Waals surface area (Å²) in [5.41, 5.74) is 22.2. The third-order valence-corrected chi connectivity index (χ3v) is 6.63. The molecule has 184 valence electrons. The lowest BCUT2D eigenvalue weighted by atomic mass is 10.0. The summed E-state index contributed by atoms with van der Waals surface area (Å²) < 4.78 is 2.38. The first-order valence-electron chi connectivity index (χ1n) is 12.6. The number of aryl methyl sites for hydroxylation is 3. The summed E-state index contributed by atoms with van der Waals surface area (Å²) >= 11 is 0. The van der Waals surface area contributed by atoms with Crippen LogP contribution in [0.1, 0.15) is 18.1 Å². The van der Waals surface area contributed by atoms with E-state index in [0.29, 0.717) is 0 Å². The Morgan fingerprint density at radius 2 is 1.14 bits per heavy atom. The number of benzene rings is 4. The van der Waals surface area contributed by atoms with Gasteiger partial charge in [-0.3, -0.25) is 0 Å². The van der Waals surface area contributed by atoms with Crippen molar-refractivity contribution in [3.05, 3.63) is 114 Å². The fourth-order valence-electron chi connectivity index (χ4n) is 4.78.